The van der Waals surface area contributed by atoms with Crippen LogP contribution in [-0.2, 0) is 17.8 Å². The van der Waals surface area contributed by atoms with E-state index >= 15 is 0 Å². The van der Waals surface area contributed by atoms with Crippen LogP contribution in [0.3, 0.4) is 0 Å². The fourth-order valence-corrected chi connectivity index (χ4v) is 4.03. The first-order valence-corrected chi connectivity index (χ1v) is 8.84. The van der Waals surface area contributed by atoms with E-state index in [1.165, 1.54) is 11.3 Å². The quantitative estimate of drug-likeness (QED) is 0.673. The number of carboxylic acids is 1. The van der Waals surface area contributed by atoms with E-state index < -0.39 is 5.97 Å². The lowest BCUT2D eigenvalue weighted by molar-refractivity contribution is -0.136. The molecule has 3 aromatic rings. The predicted octanol–water partition coefficient (Wildman–Crippen LogP) is 5.00. The highest BCUT2D eigenvalue weighted by Crippen LogP contribution is 2.35. The van der Waals surface area contributed by atoms with Crippen molar-refractivity contribution in [1.82, 2.24) is 4.57 Å². The van der Waals surface area contributed by atoms with E-state index in [0.29, 0.717) is 17.3 Å². The number of fused-ring (bicyclic) bond motifs is 1. The zero-order valence-electron chi connectivity index (χ0n) is 13.1. The van der Waals surface area contributed by atoms with E-state index in [0.717, 1.165) is 32.1 Å². The number of halogens is 2. The highest BCUT2D eigenvalue weighted by molar-refractivity contribution is 7.14. The van der Waals surface area contributed by atoms with Crippen LogP contribution >= 0.6 is 34.5 Å². The Morgan fingerprint density at radius 1 is 1.33 bits per heavy atom. The van der Waals surface area contributed by atoms with Crippen molar-refractivity contribution in [2.45, 2.75) is 19.9 Å². The third kappa shape index (κ3) is 3.11. The Morgan fingerprint density at radius 2 is 2.08 bits per heavy atom. The zero-order valence-corrected chi connectivity index (χ0v) is 15.4. The normalized spacial score (nSPS) is 11.2. The van der Waals surface area contributed by atoms with Crippen LogP contribution in [0.2, 0.25) is 9.36 Å². The number of rotatable bonds is 5. The van der Waals surface area contributed by atoms with Crippen molar-refractivity contribution in [3.05, 3.63) is 49.8 Å². The summed E-state index contributed by atoms with van der Waals surface area (Å²) in [6.45, 7) is 2.53. The van der Waals surface area contributed by atoms with Crippen LogP contribution in [0, 0.1) is 6.92 Å². The van der Waals surface area contributed by atoms with Crippen molar-refractivity contribution < 1.29 is 14.6 Å². The van der Waals surface area contributed by atoms with Crippen LogP contribution in [0.5, 0.6) is 5.75 Å². The summed E-state index contributed by atoms with van der Waals surface area (Å²) in [7, 11) is 1.54. The molecule has 0 fully saturated rings. The Bertz CT molecular complexity index is 930. The number of hydrogen-bond donors (Lipinski definition) is 1. The maximum atomic E-state index is 11.3. The summed E-state index contributed by atoms with van der Waals surface area (Å²) < 4.78 is 8.07. The van der Waals surface area contributed by atoms with Crippen LogP contribution < -0.4 is 4.74 Å². The van der Waals surface area contributed by atoms with Crippen molar-refractivity contribution in [1.29, 1.82) is 0 Å². The maximum absolute atomic E-state index is 11.3. The summed E-state index contributed by atoms with van der Waals surface area (Å²) >= 11 is 13.8. The van der Waals surface area contributed by atoms with Gasteiger partial charge in [0.2, 0.25) is 0 Å². The number of aromatic nitrogens is 1. The minimum Gasteiger partial charge on any atom is -0.495 e. The van der Waals surface area contributed by atoms with Gasteiger partial charge in [-0.05, 0) is 41.6 Å². The molecule has 0 aliphatic heterocycles. The van der Waals surface area contributed by atoms with E-state index in [9.17, 15) is 9.90 Å². The SMILES string of the molecule is COc1cc2c(CC(=O)O)c(C)n(Cc3csc(Cl)c3)c2cc1Cl. The second-order valence-electron chi connectivity index (χ2n) is 5.48. The van der Waals surface area contributed by atoms with Gasteiger partial charge in [0.1, 0.15) is 5.75 Å². The third-order valence-corrected chi connectivity index (χ3v) is 5.45. The largest absolute Gasteiger partial charge is 0.495 e. The highest BCUT2D eigenvalue weighted by Gasteiger charge is 2.19. The van der Waals surface area contributed by atoms with Crippen LogP contribution in [0.15, 0.2) is 23.6 Å². The van der Waals surface area contributed by atoms with Gasteiger partial charge >= 0.3 is 5.97 Å². The van der Waals surface area contributed by atoms with Crippen LogP contribution in [-0.4, -0.2) is 22.8 Å². The van der Waals surface area contributed by atoms with Gasteiger partial charge in [-0.25, -0.2) is 0 Å². The molecule has 126 valence electrons. The van der Waals surface area contributed by atoms with Crippen molar-refractivity contribution in [3.63, 3.8) is 0 Å². The fourth-order valence-electron chi connectivity index (χ4n) is 2.89. The molecule has 0 spiro atoms. The Morgan fingerprint density at radius 3 is 2.67 bits per heavy atom. The van der Waals surface area contributed by atoms with Gasteiger partial charge in [0.05, 0.1) is 28.4 Å². The van der Waals surface area contributed by atoms with Gasteiger partial charge in [-0.15, -0.1) is 11.3 Å². The zero-order chi connectivity index (χ0) is 17.4. The van der Waals surface area contributed by atoms with Crippen LogP contribution in [0.1, 0.15) is 16.8 Å². The number of ether oxygens (including phenoxy) is 1. The number of hydrogen-bond acceptors (Lipinski definition) is 3. The Hall–Kier alpha value is -1.69. The molecule has 0 aliphatic carbocycles. The molecule has 4 nitrogen and oxygen atoms in total. The van der Waals surface area contributed by atoms with Crippen molar-refractivity contribution >= 4 is 51.4 Å². The summed E-state index contributed by atoms with van der Waals surface area (Å²) in [6.07, 6.45) is -0.0511. The average Bonchev–Trinajstić information content (AvgIpc) is 3.03. The molecule has 7 heteroatoms. The minimum absolute atomic E-state index is 0.0511. The molecule has 0 amide bonds. The first-order valence-electron chi connectivity index (χ1n) is 7.20. The lowest BCUT2D eigenvalue weighted by Crippen LogP contribution is -2.04. The smallest absolute Gasteiger partial charge is 0.307 e. The van der Waals surface area contributed by atoms with E-state index in [2.05, 4.69) is 4.57 Å². The third-order valence-electron chi connectivity index (χ3n) is 4.02. The molecule has 3 rings (SSSR count). The summed E-state index contributed by atoms with van der Waals surface area (Å²) in [4.78, 5) is 11.3. The van der Waals surface area contributed by atoms with Crippen molar-refractivity contribution in [2.75, 3.05) is 7.11 Å². The van der Waals surface area contributed by atoms with Gasteiger partial charge in [-0.2, -0.15) is 0 Å². The molecule has 0 unspecified atom stereocenters. The Labute approximate surface area is 153 Å². The number of nitrogens with zero attached hydrogens (tertiary/aromatic N) is 1. The topological polar surface area (TPSA) is 51.5 Å². The Kier molecular flexibility index (Phi) is 4.76. The number of benzene rings is 1. The summed E-state index contributed by atoms with van der Waals surface area (Å²) in [5, 5.41) is 12.6. The predicted molar refractivity (Wildman–Crippen MR) is 98.0 cm³/mol. The number of carboxylic acid groups (broad SMARTS) is 1. The summed E-state index contributed by atoms with van der Waals surface area (Å²) in [5.41, 5.74) is 3.63. The maximum Gasteiger partial charge on any atom is 0.307 e. The molecule has 2 aromatic heterocycles. The molecule has 0 aliphatic rings. The first-order chi connectivity index (χ1) is 11.4. The standard InChI is InChI=1S/C17H15Cl2NO3S/c1-9-11(5-17(21)22)12-4-15(23-2)13(18)6-14(12)20(9)7-10-3-16(19)24-8-10/h3-4,6,8H,5,7H2,1-2H3,(H,21,22). The summed E-state index contributed by atoms with van der Waals surface area (Å²) in [6, 6.07) is 5.54. The minimum atomic E-state index is -0.871. The van der Waals surface area contributed by atoms with E-state index in [-0.39, 0.29) is 6.42 Å². The molecule has 0 bridgehead atoms. The molecule has 1 N–H and O–H groups in total. The lowest BCUT2D eigenvalue weighted by atomic mass is 10.1. The second-order valence-corrected chi connectivity index (χ2v) is 7.43. The van der Waals surface area contributed by atoms with Crippen molar-refractivity contribution in [2.24, 2.45) is 0 Å². The van der Waals surface area contributed by atoms with E-state index in [4.69, 9.17) is 27.9 Å². The Balaban J connectivity index is 2.21. The molecule has 24 heavy (non-hydrogen) atoms. The first kappa shape index (κ1) is 17.1. The monoisotopic (exact) mass is 383 g/mol. The molecule has 2 heterocycles. The molecular weight excluding hydrogens is 369 g/mol. The van der Waals surface area contributed by atoms with Crippen LogP contribution in [0.25, 0.3) is 10.9 Å². The molecule has 0 radical (unpaired) electrons. The number of thiophene rings is 1. The molecule has 0 atom stereocenters. The van der Waals surface area contributed by atoms with Gasteiger partial charge in [0.15, 0.2) is 0 Å². The average molecular weight is 384 g/mol. The lowest BCUT2D eigenvalue weighted by Gasteiger charge is -2.08. The van der Waals surface area contributed by atoms with Crippen molar-refractivity contribution in [3.8, 4) is 5.75 Å². The highest BCUT2D eigenvalue weighted by atomic mass is 35.5. The number of methoxy groups -OCH3 is 1. The van der Waals surface area contributed by atoms with Gasteiger partial charge < -0.3 is 14.4 Å². The van der Waals surface area contributed by atoms with Gasteiger partial charge in [0, 0.05) is 17.6 Å². The fraction of sp³-hybridized carbons (Fsp3) is 0.235. The van der Waals surface area contributed by atoms with Gasteiger partial charge in [-0.3, -0.25) is 4.79 Å². The molecular formula is C17H15Cl2NO3S. The van der Waals surface area contributed by atoms with E-state index in [1.54, 1.807) is 13.2 Å². The number of carbonyl (C=O) groups is 1. The second kappa shape index (κ2) is 6.67. The van der Waals surface area contributed by atoms with Crippen LogP contribution in [0.4, 0.5) is 0 Å². The molecule has 0 saturated heterocycles. The van der Waals surface area contributed by atoms with Gasteiger partial charge in [0.25, 0.3) is 0 Å². The van der Waals surface area contributed by atoms with Gasteiger partial charge in [-0.1, -0.05) is 23.2 Å². The molecule has 1 aromatic carbocycles. The molecule has 0 saturated carbocycles. The number of aliphatic carboxylic acids is 1. The summed E-state index contributed by atoms with van der Waals surface area (Å²) in [5.74, 6) is -0.337. The van der Waals surface area contributed by atoms with E-state index in [1.807, 2.05) is 24.4 Å².